The number of hydrogen-bond acceptors (Lipinski definition) is 3. The summed E-state index contributed by atoms with van der Waals surface area (Å²) in [5.74, 6) is 0.881. The highest BCUT2D eigenvalue weighted by atomic mass is 32.1. The number of carbonyl (C=O) groups excluding carboxylic acids is 1. The molecule has 0 saturated heterocycles. The highest BCUT2D eigenvalue weighted by molar-refractivity contribution is 7.12. The molecule has 0 fully saturated rings. The smallest absolute Gasteiger partial charge is 0.263 e. The quantitative estimate of drug-likeness (QED) is 0.846. The summed E-state index contributed by atoms with van der Waals surface area (Å²) >= 11 is 1.46. The Morgan fingerprint density at radius 3 is 2.56 bits per heavy atom. The van der Waals surface area contributed by atoms with Crippen LogP contribution in [0, 0.1) is 0 Å². The van der Waals surface area contributed by atoms with Gasteiger partial charge < -0.3 is 9.64 Å². The van der Waals surface area contributed by atoms with E-state index in [9.17, 15) is 4.79 Å². The van der Waals surface area contributed by atoms with Gasteiger partial charge in [-0.05, 0) is 29.1 Å². The van der Waals surface area contributed by atoms with Crippen LogP contribution < -0.4 is 4.74 Å². The predicted molar refractivity (Wildman–Crippen MR) is 73.1 cm³/mol. The van der Waals surface area contributed by atoms with Crippen molar-refractivity contribution in [1.82, 2.24) is 4.90 Å². The molecule has 0 unspecified atom stereocenters. The van der Waals surface area contributed by atoms with Crippen molar-refractivity contribution >= 4 is 17.2 Å². The number of hydrogen-bond donors (Lipinski definition) is 0. The molecule has 1 aromatic heterocycles. The molecule has 0 aliphatic carbocycles. The summed E-state index contributed by atoms with van der Waals surface area (Å²) < 4.78 is 5.10. The van der Waals surface area contributed by atoms with Crippen LogP contribution in [0.3, 0.4) is 0 Å². The molecule has 0 bridgehead atoms. The molecule has 0 N–H and O–H groups in total. The molecule has 4 heteroatoms. The Balaban J connectivity index is 2.02. The Hall–Kier alpha value is -1.81. The lowest BCUT2D eigenvalue weighted by Crippen LogP contribution is -2.25. The number of amides is 1. The lowest BCUT2D eigenvalue weighted by molar-refractivity contribution is 0.0790. The molecule has 0 aliphatic heterocycles. The van der Waals surface area contributed by atoms with Crippen LogP contribution in [0.25, 0.3) is 0 Å². The van der Waals surface area contributed by atoms with E-state index in [1.165, 1.54) is 11.3 Å². The largest absolute Gasteiger partial charge is 0.497 e. The van der Waals surface area contributed by atoms with Crippen molar-refractivity contribution in [3.8, 4) is 5.75 Å². The summed E-state index contributed by atoms with van der Waals surface area (Å²) in [6, 6.07) is 11.5. The minimum atomic E-state index is 0.0563. The van der Waals surface area contributed by atoms with Gasteiger partial charge in [0.05, 0.1) is 12.0 Å². The Labute approximate surface area is 111 Å². The maximum atomic E-state index is 12.0. The van der Waals surface area contributed by atoms with Crippen molar-refractivity contribution in [2.24, 2.45) is 0 Å². The second kappa shape index (κ2) is 5.69. The second-order valence-corrected chi connectivity index (χ2v) is 4.93. The highest BCUT2D eigenvalue weighted by Gasteiger charge is 2.12. The van der Waals surface area contributed by atoms with Gasteiger partial charge in [-0.15, -0.1) is 11.3 Å². The first-order chi connectivity index (χ1) is 8.70. The fraction of sp³-hybridized carbons (Fsp3) is 0.214. The summed E-state index contributed by atoms with van der Waals surface area (Å²) in [6.45, 7) is 0.598. The van der Waals surface area contributed by atoms with Crippen molar-refractivity contribution in [2.45, 2.75) is 6.54 Å². The van der Waals surface area contributed by atoms with Gasteiger partial charge in [-0.1, -0.05) is 18.2 Å². The summed E-state index contributed by atoms with van der Waals surface area (Å²) in [7, 11) is 3.45. The number of ether oxygens (including phenoxy) is 1. The van der Waals surface area contributed by atoms with Crippen molar-refractivity contribution in [2.75, 3.05) is 14.2 Å². The van der Waals surface area contributed by atoms with Crippen LogP contribution >= 0.6 is 11.3 Å². The van der Waals surface area contributed by atoms with E-state index in [-0.39, 0.29) is 5.91 Å². The van der Waals surface area contributed by atoms with E-state index in [0.717, 1.165) is 16.2 Å². The van der Waals surface area contributed by atoms with E-state index in [2.05, 4.69) is 0 Å². The average Bonchev–Trinajstić information content (AvgIpc) is 2.92. The van der Waals surface area contributed by atoms with Crippen LogP contribution in [0.5, 0.6) is 5.75 Å². The van der Waals surface area contributed by atoms with Gasteiger partial charge in [-0.2, -0.15) is 0 Å². The molecule has 0 atom stereocenters. The molecule has 94 valence electrons. The number of methoxy groups -OCH3 is 1. The van der Waals surface area contributed by atoms with Gasteiger partial charge >= 0.3 is 0 Å². The molecule has 2 rings (SSSR count). The van der Waals surface area contributed by atoms with Crippen LogP contribution in [0.1, 0.15) is 15.2 Å². The van der Waals surface area contributed by atoms with Crippen molar-refractivity contribution < 1.29 is 9.53 Å². The Morgan fingerprint density at radius 1 is 1.28 bits per heavy atom. The zero-order chi connectivity index (χ0) is 13.0. The topological polar surface area (TPSA) is 29.5 Å². The number of nitrogens with zero attached hydrogens (tertiary/aromatic N) is 1. The summed E-state index contributed by atoms with van der Waals surface area (Å²) in [5.41, 5.74) is 1.09. The Kier molecular flexibility index (Phi) is 3.99. The Bertz CT molecular complexity index is 505. The van der Waals surface area contributed by atoms with Crippen LogP contribution in [-0.4, -0.2) is 25.0 Å². The lowest BCUT2D eigenvalue weighted by Gasteiger charge is -2.16. The predicted octanol–water partition coefficient (Wildman–Crippen LogP) is 3.03. The van der Waals surface area contributed by atoms with Gasteiger partial charge in [0.1, 0.15) is 5.75 Å². The van der Waals surface area contributed by atoms with E-state index in [1.54, 1.807) is 12.0 Å². The molecule has 18 heavy (non-hydrogen) atoms. The first-order valence-electron chi connectivity index (χ1n) is 5.62. The molecule has 1 aromatic carbocycles. The van der Waals surface area contributed by atoms with Gasteiger partial charge in [-0.25, -0.2) is 0 Å². The van der Waals surface area contributed by atoms with E-state index >= 15 is 0 Å². The number of carbonyl (C=O) groups is 1. The highest BCUT2D eigenvalue weighted by Crippen LogP contribution is 2.15. The maximum Gasteiger partial charge on any atom is 0.263 e. The van der Waals surface area contributed by atoms with Gasteiger partial charge in [0.2, 0.25) is 0 Å². The van der Waals surface area contributed by atoms with Crippen molar-refractivity contribution in [3.05, 3.63) is 52.2 Å². The minimum absolute atomic E-state index is 0.0563. The van der Waals surface area contributed by atoms with E-state index in [1.807, 2.05) is 48.8 Å². The molecule has 0 aliphatic rings. The number of rotatable bonds is 4. The van der Waals surface area contributed by atoms with Crippen molar-refractivity contribution in [1.29, 1.82) is 0 Å². The zero-order valence-corrected chi connectivity index (χ0v) is 11.2. The third-order valence-electron chi connectivity index (χ3n) is 2.66. The number of thiophene rings is 1. The van der Waals surface area contributed by atoms with Crippen LogP contribution in [0.2, 0.25) is 0 Å². The van der Waals surface area contributed by atoms with Gasteiger partial charge in [0.25, 0.3) is 5.91 Å². The normalized spacial score (nSPS) is 10.1. The lowest BCUT2D eigenvalue weighted by atomic mass is 10.2. The standard InChI is InChI=1S/C14H15NO2S/c1-15(14(16)13-4-3-9-18-13)10-11-5-7-12(17-2)8-6-11/h3-9H,10H2,1-2H3. The summed E-state index contributed by atoms with van der Waals surface area (Å²) in [4.78, 5) is 14.5. The average molecular weight is 261 g/mol. The first kappa shape index (κ1) is 12.6. The summed E-state index contributed by atoms with van der Waals surface area (Å²) in [5, 5.41) is 1.91. The zero-order valence-electron chi connectivity index (χ0n) is 10.4. The van der Waals surface area contributed by atoms with Crippen LogP contribution in [-0.2, 0) is 6.54 Å². The van der Waals surface area contributed by atoms with E-state index < -0.39 is 0 Å². The molecular weight excluding hydrogens is 246 g/mol. The molecular formula is C14H15NO2S. The molecule has 3 nitrogen and oxygen atoms in total. The third-order valence-corrected chi connectivity index (χ3v) is 3.52. The maximum absolute atomic E-state index is 12.0. The van der Waals surface area contributed by atoms with Crippen molar-refractivity contribution in [3.63, 3.8) is 0 Å². The fourth-order valence-corrected chi connectivity index (χ4v) is 2.38. The van der Waals surface area contributed by atoms with E-state index in [0.29, 0.717) is 6.54 Å². The van der Waals surface area contributed by atoms with Gasteiger partial charge in [0.15, 0.2) is 0 Å². The summed E-state index contributed by atoms with van der Waals surface area (Å²) in [6.07, 6.45) is 0. The monoisotopic (exact) mass is 261 g/mol. The van der Waals surface area contributed by atoms with E-state index in [4.69, 9.17) is 4.74 Å². The molecule has 2 aromatic rings. The van der Waals surface area contributed by atoms with Crippen LogP contribution in [0.15, 0.2) is 41.8 Å². The Morgan fingerprint density at radius 2 is 2.00 bits per heavy atom. The molecule has 0 radical (unpaired) electrons. The molecule has 0 saturated carbocycles. The first-order valence-corrected chi connectivity index (χ1v) is 6.50. The third kappa shape index (κ3) is 2.90. The van der Waals surface area contributed by atoms with Gasteiger partial charge in [0, 0.05) is 13.6 Å². The van der Waals surface area contributed by atoms with Crippen LogP contribution in [0.4, 0.5) is 0 Å². The fourth-order valence-electron chi connectivity index (χ4n) is 1.66. The molecule has 1 heterocycles. The minimum Gasteiger partial charge on any atom is -0.497 e. The molecule has 0 spiro atoms. The number of benzene rings is 1. The molecule has 1 amide bonds. The SMILES string of the molecule is COc1ccc(CN(C)C(=O)c2cccs2)cc1. The van der Waals surface area contributed by atoms with Gasteiger partial charge in [-0.3, -0.25) is 4.79 Å². The second-order valence-electron chi connectivity index (χ2n) is 3.99.